The topological polar surface area (TPSA) is 104 Å². The van der Waals surface area contributed by atoms with E-state index in [1.807, 2.05) is 19.1 Å². The lowest BCUT2D eigenvalue weighted by Crippen LogP contribution is -2.43. The van der Waals surface area contributed by atoms with E-state index in [9.17, 15) is 23.6 Å². The van der Waals surface area contributed by atoms with Gasteiger partial charge in [0.15, 0.2) is 0 Å². The second-order valence-electron chi connectivity index (χ2n) is 8.28. The number of nitrogens with zero attached hydrogens (tertiary/aromatic N) is 3. The van der Waals surface area contributed by atoms with Crippen molar-refractivity contribution in [2.75, 3.05) is 30.5 Å². The molecule has 0 spiro atoms. The zero-order valence-corrected chi connectivity index (χ0v) is 21.7. The summed E-state index contributed by atoms with van der Waals surface area (Å²) in [5.74, 6) is 0. The number of rotatable bonds is 14. The first-order chi connectivity index (χ1) is 15.7. The summed E-state index contributed by atoms with van der Waals surface area (Å²) in [4.78, 5) is 12.5. The number of aryl methyl sites for hydroxylation is 1. The van der Waals surface area contributed by atoms with Crippen molar-refractivity contribution in [2.24, 2.45) is 0 Å². The summed E-state index contributed by atoms with van der Waals surface area (Å²) in [6.07, 6.45) is 3.22. The number of nitro groups is 1. The molecule has 0 saturated heterocycles. The van der Waals surface area contributed by atoms with Crippen molar-refractivity contribution in [1.29, 1.82) is 0 Å². The van der Waals surface area contributed by atoms with Crippen LogP contribution in [0.3, 0.4) is 0 Å². The fourth-order valence-electron chi connectivity index (χ4n) is 3.53. The van der Waals surface area contributed by atoms with Gasteiger partial charge in [0, 0.05) is 18.7 Å². The van der Waals surface area contributed by atoms with Crippen molar-refractivity contribution in [3.8, 4) is 0 Å². The van der Waals surface area contributed by atoms with Crippen LogP contribution in [0.2, 0.25) is 0 Å². The molecule has 0 heterocycles. The van der Waals surface area contributed by atoms with Gasteiger partial charge in [0.1, 0.15) is 0 Å². The van der Waals surface area contributed by atoms with E-state index >= 15 is 0 Å². The molecule has 0 bridgehead atoms. The summed E-state index contributed by atoms with van der Waals surface area (Å²) in [7, 11) is -4.04. The lowest BCUT2D eigenvalue weighted by molar-refractivity contribution is -0.384. The molecule has 2 aromatic carbocycles. The van der Waals surface area contributed by atoms with Crippen LogP contribution in [0.25, 0.3) is 0 Å². The number of nitro benzene ring substituents is 1. The van der Waals surface area contributed by atoms with Gasteiger partial charge < -0.3 is 10.0 Å². The first-order valence-corrected chi connectivity index (χ1v) is 12.9. The largest absolute Gasteiger partial charge is 0.390 e. The second-order valence-corrected chi connectivity index (χ2v) is 10.1. The van der Waals surface area contributed by atoms with E-state index in [4.69, 9.17) is 0 Å². The van der Waals surface area contributed by atoms with Crippen LogP contribution in [0.4, 0.5) is 11.4 Å². The highest BCUT2D eigenvalue weighted by Gasteiger charge is 2.28. The molecule has 1 atom stereocenters. The van der Waals surface area contributed by atoms with Crippen molar-refractivity contribution in [3.05, 3.63) is 64.2 Å². The van der Waals surface area contributed by atoms with Gasteiger partial charge in [-0.1, -0.05) is 44.4 Å². The molecular formula is C24H36ClN3O5S. The summed E-state index contributed by atoms with van der Waals surface area (Å²) in [5.41, 5.74) is 1.24. The predicted molar refractivity (Wildman–Crippen MR) is 138 cm³/mol. The van der Waals surface area contributed by atoms with Gasteiger partial charge in [-0.3, -0.25) is 14.4 Å². The third-order valence-corrected chi connectivity index (χ3v) is 7.27. The Hall–Kier alpha value is -2.20. The molecule has 0 aromatic heterocycles. The van der Waals surface area contributed by atoms with E-state index in [-0.39, 0.29) is 29.5 Å². The molecule has 190 valence electrons. The molecular weight excluding hydrogens is 478 g/mol. The smallest absolute Gasteiger partial charge is 0.269 e. The quantitative estimate of drug-likeness (QED) is 0.288. The van der Waals surface area contributed by atoms with Gasteiger partial charge in [-0.15, -0.1) is 12.4 Å². The predicted octanol–water partition coefficient (Wildman–Crippen LogP) is 4.78. The second kappa shape index (κ2) is 14.3. The molecule has 2 aromatic rings. The lowest BCUT2D eigenvalue weighted by atomic mass is 10.2. The van der Waals surface area contributed by atoms with E-state index in [0.29, 0.717) is 12.2 Å². The fraction of sp³-hybridized carbons (Fsp3) is 0.500. The molecule has 8 nitrogen and oxygen atoms in total. The fourth-order valence-corrected chi connectivity index (χ4v) is 5.03. The molecule has 0 radical (unpaired) electrons. The van der Waals surface area contributed by atoms with Crippen molar-refractivity contribution in [1.82, 2.24) is 4.90 Å². The van der Waals surface area contributed by atoms with E-state index < -0.39 is 21.1 Å². The van der Waals surface area contributed by atoms with E-state index in [1.165, 1.54) is 28.6 Å². The summed E-state index contributed by atoms with van der Waals surface area (Å²) >= 11 is 0. The minimum absolute atomic E-state index is 0. The zero-order chi connectivity index (χ0) is 24.4. The van der Waals surface area contributed by atoms with Crippen molar-refractivity contribution >= 4 is 33.8 Å². The number of hydrogen-bond acceptors (Lipinski definition) is 6. The van der Waals surface area contributed by atoms with Crippen LogP contribution in [0.1, 0.15) is 45.1 Å². The Morgan fingerprint density at radius 3 is 1.94 bits per heavy atom. The maximum atomic E-state index is 13.5. The third-order valence-electron chi connectivity index (χ3n) is 5.46. The first kappa shape index (κ1) is 29.8. The number of benzene rings is 2. The van der Waals surface area contributed by atoms with Crippen LogP contribution in [-0.2, 0) is 10.0 Å². The van der Waals surface area contributed by atoms with Crippen LogP contribution in [0.5, 0.6) is 0 Å². The van der Waals surface area contributed by atoms with Crippen molar-refractivity contribution < 1.29 is 18.4 Å². The summed E-state index contributed by atoms with van der Waals surface area (Å²) in [6, 6.07) is 11.9. The zero-order valence-electron chi connectivity index (χ0n) is 20.1. The minimum atomic E-state index is -4.04. The SMILES string of the molecule is CCCCN(CCCC)CC(O)CN(c1ccc(C)cc1)S(=O)(=O)c1ccc([N+](=O)[O-])cc1.Cl. The normalized spacial score (nSPS) is 12.3. The Balaban J connectivity index is 0.00000578. The Morgan fingerprint density at radius 1 is 0.941 bits per heavy atom. The highest BCUT2D eigenvalue weighted by molar-refractivity contribution is 7.92. The minimum Gasteiger partial charge on any atom is -0.390 e. The summed E-state index contributed by atoms with van der Waals surface area (Å²) < 4.78 is 28.2. The maximum absolute atomic E-state index is 13.5. The molecule has 0 fully saturated rings. The Bertz CT molecular complexity index is 977. The molecule has 0 aliphatic carbocycles. The van der Waals surface area contributed by atoms with Gasteiger partial charge >= 0.3 is 0 Å². The van der Waals surface area contributed by atoms with E-state index in [2.05, 4.69) is 18.7 Å². The molecule has 10 heteroatoms. The molecule has 1 unspecified atom stereocenters. The Labute approximate surface area is 209 Å². The first-order valence-electron chi connectivity index (χ1n) is 11.4. The van der Waals surface area contributed by atoms with Gasteiger partial charge in [-0.05, 0) is 57.1 Å². The average molecular weight is 514 g/mol. The van der Waals surface area contributed by atoms with Crippen molar-refractivity contribution in [2.45, 2.75) is 57.5 Å². The van der Waals surface area contributed by atoms with Gasteiger partial charge in [0.2, 0.25) is 0 Å². The van der Waals surface area contributed by atoms with Gasteiger partial charge in [0.25, 0.3) is 15.7 Å². The summed E-state index contributed by atoms with van der Waals surface area (Å²) in [6.45, 7) is 8.11. The third kappa shape index (κ3) is 8.54. The van der Waals surface area contributed by atoms with Crippen LogP contribution in [0, 0.1) is 17.0 Å². The highest BCUT2D eigenvalue weighted by Crippen LogP contribution is 2.26. The van der Waals surface area contributed by atoms with Crippen LogP contribution >= 0.6 is 12.4 Å². The van der Waals surface area contributed by atoms with E-state index in [1.54, 1.807) is 12.1 Å². The van der Waals surface area contributed by atoms with Crippen LogP contribution in [0.15, 0.2) is 53.4 Å². The number of aliphatic hydroxyl groups is 1. The number of sulfonamides is 1. The van der Waals surface area contributed by atoms with Gasteiger partial charge in [-0.2, -0.15) is 0 Å². The standard InChI is InChI=1S/C24H35N3O5S.ClH/c1-4-6-16-25(17-7-5-2)18-23(28)19-26(21-10-8-20(3)9-11-21)33(31,32)24-14-12-22(13-15-24)27(29)30;/h8-15,23,28H,4-7,16-19H2,1-3H3;1H. The Kier molecular flexibility index (Phi) is 12.5. The lowest BCUT2D eigenvalue weighted by Gasteiger charge is -2.30. The van der Waals surface area contributed by atoms with Crippen molar-refractivity contribution in [3.63, 3.8) is 0 Å². The number of unbranched alkanes of at least 4 members (excludes halogenated alkanes) is 2. The average Bonchev–Trinajstić information content (AvgIpc) is 2.80. The monoisotopic (exact) mass is 513 g/mol. The number of halogens is 1. The molecule has 0 saturated carbocycles. The number of anilines is 1. The Morgan fingerprint density at radius 2 is 1.47 bits per heavy atom. The molecule has 0 aliphatic heterocycles. The van der Waals surface area contributed by atoms with Crippen LogP contribution in [-0.4, -0.2) is 55.6 Å². The molecule has 1 N–H and O–H groups in total. The summed E-state index contributed by atoms with van der Waals surface area (Å²) in [5, 5.41) is 21.8. The number of hydrogen-bond donors (Lipinski definition) is 1. The van der Waals surface area contributed by atoms with E-state index in [0.717, 1.165) is 44.3 Å². The van der Waals surface area contributed by atoms with Crippen LogP contribution < -0.4 is 4.31 Å². The number of non-ortho nitro benzene ring substituents is 1. The highest BCUT2D eigenvalue weighted by atomic mass is 35.5. The molecule has 0 aliphatic rings. The molecule has 34 heavy (non-hydrogen) atoms. The van der Waals surface area contributed by atoms with Gasteiger partial charge in [0.05, 0.1) is 28.2 Å². The number of aliphatic hydroxyl groups excluding tert-OH is 1. The van der Waals surface area contributed by atoms with Gasteiger partial charge in [-0.25, -0.2) is 8.42 Å². The molecule has 0 amide bonds. The molecule has 2 rings (SSSR count). The maximum Gasteiger partial charge on any atom is 0.269 e.